The van der Waals surface area contributed by atoms with E-state index in [9.17, 15) is 4.79 Å². The normalized spacial score (nSPS) is 12.7. The molecule has 0 fully saturated rings. The van der Waals surface area contributed by atoms with Gasteiger partial charge in [0, 0.05) is 30.2 Å². The van der Waals surface area contributed by atoms with E-state index in [4.69, 9.17) is 0 Å². The van der Waals surface area contributed by atoms with E-state index >= 15 is 0 Å². The van der Waals surface area contributed by atoms with Crippen LogP contribution < -0.4 is 10.7 Å². The predicted molar refractivity (Wildman–Crippen MR) is 80.6 cm³/mol. The Balaban J connectivity index is 2.30. The summed E-state index contributed by atoms with van der Waals surface area (Å²) in [5, 5.41) is 4.35. The number of pyridine rings is 1. The summed E-state index contributed by atoms with van der Waals surface area (Å²) in [4.78, 5) is 11.8. The molecule has 102 valence electrons. The third-order valence-electron chi connectivity index (χ3n) is 3.48. The number of nitrogens with one attached hydrogen (secondary N) is 1. The van der Waals surface area contributed by atoms with Crippen LogP contribution in [0.5, 0.6) is 0 Å². The lowest BCUT2D eigenvalue weighted by Crippen LogP contribution is -2.33. The maximum absolute atomic E-state index is 11.8. The van der Waals surface area contributed by atoms with Crippen LogP contribution in [0.4, 0.5) is 0 Å². The minimum atomic E-state index is 0.0985. The van der Waals surface area contributed by atoms with Gasteiger partial charge in [0.25, 0.3) is 0 Å². The molecular formula is C16H22N2O. The van der Waals surface area contributed by atoms with E-state index in [1.54, 1.807) is 6.07 Å². The third-order valence-corrected chi connectivity index (χ3v) is 3.48. The van der Waals surface area contributed by atoms with Crippen molar-refractivity contribution in [2.45, 2.75) is 39.3 Å². The number of fused-ring (bicyclic) bond motifs is 1. The summed E-state index contributed by atoms with van der Waals surface area (Å²) >= 11 is 0. The van der Waals surface area contributed by atoms with Gasteiger partial charge in [-0.1, -0.05) is 26.0 Å². The molecule has 2 aromatic rings. The van der Waals surface area contributed by atoms with E-state index in [1.807, 2.05) is 30.5 Å². The van der Waals surface area contributed by atoms with Crippen molar-refractivity contribution in [1.82, 2.24) is 9.88 Å². The molecule has 1 aromatic carbocycles. The molecule has 3 heteroatoms. The van der Waals surface area contributed by atoms with Crippen molar-refractivity contribution in [3.63, 3.8) is 0 Å². The monoisotopic (exact) mass is 258 g/mol. The topological polar surface area (TPSA) is 34.0 Å². The molecule has 0 aliphatic rings. The van der Waals surface area contributed by atoms with Crippen LogP contribution in [-0.4, -0.2) is 17.2 Å². The van der Waals surface area contributed by atoms with E-state index in [0.717, 1.165) is 36.8 Å². The summed E-state index contributed by atoms with van der Waals surface area (Å²) < 4.78 is 2.17. The number of aromatic nitrogens is 1. The number of hydrogen-bond donors (Lipinski definition) is 1. The maximum Gasteiger partial charge on any atom is 0.189 e. The Morgan fingerprint density at radius 2 is 2.00 bits per heavy atom. The van der Waals surface area contributed by atoms with Crippen molar-refractivity contribution in [2.75, 3.05) is 6.54 Å². The van der Waals surface area contributed by atoms with Gasteiger partial charge in [0.15, 0.2) is 5.43 Å². The van der Waals surface area contributed by atoms with Gasteiger partial charge < -0.3 is 9.88 Å². The standard InChI is InChI=1S/C16H22N2O/c1-3-10-17-13(4-2)12-18-11-9-16(19)14-7-5-6-8-15(14)18/h5-9,11,13,17H,3-4,10,12H2,1-2H3. The van der Waals surface area contributed by atoms with Gasteiger partial charge >= 0.3 is 0 Å². The smallest absolute Gasteiger partial charge is 0.189 e. The Kier molecular flexibility index (Phi) is 4.74. The molecule has 0 saturated carbocycles. The van der Waals surface area contributed by atoms with Crippen LogP contribution in [0.3, 0.4) is 0 Å². The molecule has 19 heavy (non-hydrogen) atoms. The Morgan fingerprint density at radius 3 is 2.74 bits per heavy atom. The minimum absolute atomic E-state index is 0.0985. The number of benzene rings is 1. The van der Waals surface area contributed by atoms with Gasteiger partial charge in [0.05, 0.1) is 5.52 Å². The lowest BCUT2D eigenvalue weighted by molar-refractivity contribution is 0.442. The van der Waals surface area contributed by atoms with Crippen molar-refractivity contribution >= 4 is 10.9 Å². The number of rotatable bonds is 6. The molecule has 1 atom stereocenters. The van der Waals surface area contributed by atoms with Crippen LogP contribution >= 0.6 is 0 Å². The fourth-order valence-corrected chi connectivity index (χ4v) is 2.34. The lowest BCUT2D eigenvalue weighted by Gasteiger charge is -2.19. The van der Waals surface area contributed by atoms with Crippen LogP contribution in [0.2, 0.25) is 0 Å². The second-order valence-corrected chi connectivity index (χ2v) is 4.91. The van der Waals surface area contributed by atoms with Gasteiger partial charge in [0.1, 0.15) is 0 Å². The van der Waals surface area contributed by atoms with Gasteiger partial charge in [-0.2, -0.15) is 0 Å². The summed E-state index contributed by atoms with van der Waals surface area (Å²) in [6.45, 7) is 6.31. The van der Waals surface area contributed by atoms with Crippen LogP contribution in [0.1, 0.15) is 26.7 Å². The molecular weight excluding hydrogens is 236 g/mol. The van der Waals surface area contributed by atoms with Crippen molar-refractivity contribution in [3.8, 4) is 0 Å². The Morgan fingerprint density at radius 1 is 1.21 bits per heavy atom. The van der Waals surface area contributed by atoms with Crippen LogP contribution in [0.15, 0.2) is 41.3 Å². The predicted octanol–water partition coefficient (Wildman–Crippen LogP) is 2.78. The molecule has 0 saturated heterocycles. The van der Waals surface area contributed by atoms with Gasteiger partial charge in [-0.05, 0) is 31.5 Å². The zero-order chi connectivity index (χ0) is 13.7. The van der Waals surface area contributed by atoms with Crippen molar-refractivity contribution in [3.05, 3.63) is 46.8 Å². The molecule has 2 rings (SSSR count). The Hall–Kier alpha value is -1.61. The van der Waals surface area contributed by atoms with Gasteiger partial charge in [0.2, 0.25) is 0 Å². The molecule has 0 amide bonds. The molecule has 1 aromatic heterocycles. The van der Waals surface area contributed by atoms with E-state index in [1.165, 1.54) is 0 Å². The van der Waals surface area contributed by atoms with Crippen molar-refractivity contribution < 1.29 is 0 Å². The van der Waals surface area contributed by atoms with Gasteiger partial charge in [-0.15, -0.1) is 0 Å². The summed E-state index contributed by atoms with van der Waals surface area (Å²) in [5.41, 5.74) is 1.12. The Bertz CT molecular complexity index is 589. The highest BCUT2D eigenvalue weighted by molar-refractivity contribution is 5.78. The molecule has 0 aliphatic carbocycles. The molecule has 3 nitrogen and oxygen atoms in total. The van der Waals surface area contributed by atoms with Crippen molar-refractivity contribution in [2.24, 2.45) is 0 Å². The number of nitrogens with zero attached hydrogens (tertiary/aromatic N) is 1. The number of para-hydroxylation sites is 1. The van der Waals surface area contributed by atoms with Crippen molar-refractivity contribution in [1.29, 1.82) is 0 Å². The van der Waals surface area contributed by atoms with Crippen LogP contribution in [0, 0.1) is 0 Å². The first-order chi connectivity index (χ1) is 9.26. The average molecular weight is 258 g/mol. The highest BCUT2D eigenvalue weighted by Crippen LogP contribution is 2.10. The molecule has 1 unspecified atom stereocenters. The minimum Gasteiger partial charge on any atom is -0.346 e. The summed E-state index contributed by atoms with van der Waals surface area (Å²) in [6, 6.07) is 9.93. The first kappa shape index (κ1) is 13.8. The maximum atomic E-state index is 11.8. The highest BCUT2D eigenvalue weighted by Gasteiger charge is 2.08. The fraction of sp³-hybridized carbons (Fsp3) is 0.438. The molecule has 1 N–H and O–H groups in total. The average Bonchev–Trinajstić information content (AvgIpc) is 2.46. The summed E-state index contributed by atoms with van der Waals surface area (Å²) in [5.74, 6) is 0. The first-order valence-electron chi connectivity index (χ1n) is 7.07. The molecule has 0 radical (unpaired) electrons. The van der Waals surface area contributed by atoms with E-state index in [-0.39, 0.29) is 5.43 Å². The van der Waals surface area contributed by atoms with E-state index in [2.05, 4.69) is 23.7 Å². The van der Waals surface area contributed by atoms with Gasteiger partial charge in [-0.3, -0.25) is 4.79 Å². The molecule has 1 heterocycles. The zero-order valence-corrected chi connectivity index (χ0v) is 11.7. The first-order valence-corrected chi connectivity index (χ1v) is 7.07. The largest absolute Gasteiger partial charge is 0.346 e. The lowest BCUT2D eigenvalue weighted by atomic mass is 10.1. The second-order valence-electron chi connectivity index (χ2n) is 4.91. The molecule has 0 bridgehead atoms. The third kappa shape index (κ3) is 3.24. The summed E-state index contributed by atoms with van der Waals surface area (Å²) in [7, 11) is 0. The number of hydrogen-bond acceptors (Lipinski definition) is 2. The van der Waals surface area contributed by atoms with E-state index < -0.39 is 0 Å². The fourth-order valence-electron chi connectivity index (χ4n) is 2.34. The van der Waals surface area contributed by atoms with Crippen LogP contribution in [-0.2, 0) is 6.54 Å². The van der Waals surface area contributed by atoms with Crippen LogP contribution in [0.25, 0.3) is 10.9 Å². The quantitative estimate of drug-likeness (QED) is 0.864. The van der Waals surface area contributed by atoms with Gasteiger partial charge in [-0.25, -0.2) is 0 Å². The Labute approximate surface area is 114 Å². The highest BCUT2D eigenvalue weighted by atomic mass is 16.1. The second kappa shape index (κ2) is 6.53. The molecule has 0 aliphatic heterocycles. The molecule has 0 spiro atoms. The van der Waals surface area contributed by atoms with E-state index in [0.29, 0.717) is 6.04 Å². The zero-order valence-electron chi connectivity index (χ0n) is 11.7. The SMILES string of the molecule is CCCNC(CC)Cn1ccc(=O)c2ccccc21. The summed E-state index contributed by atoms with van der Waals surface area (Å²) in [6.07, 6.45) is 4.13.